The highest BCUT2D eigenvalue weighted by Gasteiger charge is 2.31. The molecule has 0 bridgehead atoms. The molecule has 1 aliphatic rings. The highest BCUT2D eigenvalue weighted by molar-refractivity contribution is 7.15. The van der Waals surface area contributed by atoms with Gasteiger partial charge in [0.15, 0.2) is 0 Å². The second-order valence-corrected chi connectivity index (χ2v) is 8.26. The fraction of sp³-hybridized carbons (Fsp3) is 0.364. The average Bonchev–Trinajstić information content (AvgIpc) is 3.43. The Hall–Kier alpha value is -3.00. The first-order valence-corrected chi connectivity index (χ1v) is 11.0. The van der Waals surface area contributed by atoms with E-state index >= 15 is 0 Å². The molecule has 2 aromatic heterocycles. The summed E-state index contributed by atoms with van der Waals surface area (Å²) in [6, 6.07) is 13.5. The van der Waals surface area contributed by atoms with Gasteiger partial charge in [-0.2, -0.15) is 0 Å². The van der Waals surface area contributed by atoms with Crippen LogP contribution in [0.25, 0.3) is 0 Å². The summed E-state index contributed by atoms with van der Waals surface area (Å²) in [6.07, 6.45) is 3.11. The standard InChI is InChI=1S/C22H25N5O2S/c1-3-20-25-26-22(30-20)24-19-11-5-9-17(23-19)18-10-6-12-27(18)21(28)14-15-7-4-8-16(13-15)29-2/h4-5,7-9,11,13,18H,3,6,10,12,14H2,1-2H3,(H,23,24,26). The van der Waals surface area contributed by atoms with Crippen LogP contribution >= 0.6 is 11.3 Å². The number of rotatable bonds is 7. The summed E-state index contributed by atoms with van der Waals surface area (Å²) in [5, 5.41) is 13.2. The average molecular weight is 424 g/mol. The number of carbonyl (C=O) groups is 1. The van der Waals surface area contributed by atoms with E-state index in [1.165, 1.54) is 11.3 Å². The second-order valence-electron chi connectivity index (χ2n) is 7.20. The fourth-order valence-electron chi connectivity index (χ4n) is 3.69. The van der Waals surface area contributed by atoms with Gasteiger partial charge in [0.05, 0.1) is 25.3 Å². The van der Waals surface area contributed by atoms with E-state index in [0.29, 0.717) is 6.42 Å². The highest BCUT2D eigenvalue weighted by Crippen LogP contribution is 2.32. The van der Waals surface area contributed by atoms with Crippen LogP contribution in [0.15, 0.2) is 42.5 Å². The molecule has 3 aromatic rings. The third kappa shape index (κ3) is 4.59. The maximum Gasteiger partial charge on any atom is 0.227 e. The number of amides is 1. The fourth-order valence-corrected chi connectivity index (χ4v) is 4.38. The van der Waals surface area contributed by atoms with Crippen LogP contribution in [0.1, 0.15) is 42.1 Å². The van der Waals surface area contributed by atoms with Crippen LogP contribution in [0.5, 0.6) is 5.75 Å². The number of nitrogens with zero attached hydrogens (tertiary/aromatic N) is 4. The van der Waals surface area contributed by atoms with Gasteiger partial charge in [0.1, 0.15) is 16.6 Å². The van der Waals surface area contributed by atoms with E-state index in [4.69, 9.17) is 9.72 Å². The number of carbonyl (C=O) groups excluding carboxylic acids is 1. The third-order valence-corrected chi connectivity index (χ3v) is 6.16. The lowest BCUT2D eigenvalue weighted by Gasteiger charge is -2.25. The summed E-state index contributed by atoms with van der Waals surface area (Å²) in [5.74, 6) is 1.60. The van der Waals surface area contributed by atoms with E-state index in [1.807, 2.05) is 47.4 Å². The van der Waals surface area contributed by atoms with Gasteiger partial charge in [-0.05, 0) is 49.1 Å². The van der Waals surface area contributed by atoms with Crippen molar-refractivity contribution in [1.82, 2.24) is 20.1 Å². The van der Waals surface area contributed by atoms with E-state index < -0.39 is 0 Å². The molecule has 1 fully saturated rings. The van der Waals surface area contributed by atoms with Gasteiger partial charge in [-0.3, -0.25) is 4.79 Å². The topological polar surface area (TPSA) is 80.2 Å². The number of aromatic nitrogens is 3. The summed E-state index contributed by atoms with van der Waals surface area (Å²) < 4.78 is 5.27. The number of nitrogens with one attached hydrogen (secondary N) is 1. The second kappa shape index (κ2) is 9.21. The molecule has 0 spiro atoms. The minimum Gasteiger partial charge on any atom is -0.497 e. The number of aryl methyl sites for hydroxylation is 1. The van der Waals surface area contributed by atoms with Crippen molar-refractivity contribution in [2.75, 3.05) is 19.0 Å². The number of ether oxygens (including phenoxy) is 1. The lowest BCUT2D eigenvalue weighted by molar-refractivity contribution is -0.131. The Labute approximate surface area is 180 Å². The van der Waals surface area contributed by atoms with E-state index in [9.17, 15) is 4.79 Å². The molecule has 0 aliphatic carbocycles. The van der Waals surface area contributed by atoms with Crippen molar-refractivity contribution in [2.45, 2.75) is 38.6 Å². The smallest absolute Gasteiger partial charge is 0.227 e. The van der Waals surface area contributed by atoms with Crippen LogP contribution in [0, 0.1) is 0 Å². The summed E-state index contributed by atoms with van der Waals surface area (Å²) in [4.78, 5) is 19.8. The van der Waals surface area contributed by atoms with Gasteiger partial charge in [-0.15, -0.1) is 10.2 Å². The number of pyridine rings is 1. The predicted octanol–water partition coefficient (Wildman–Crippen LogP) is 4.15. The molecule has 1 aliphatic heterocycles. The molecule has 1 atom stereocenters. The molecule has 1 N–H and O–H groups in total. The monoisotopic (exact) mass is 423 g/mol. The minimum absolute atomic E-state index is 0.00881. The van der Waals surface area contributed by atoms with Gasteiger partial charge in [-0.1, -0.05) is 36.5 Å². The number of likely N-dealkylation sites (tertiary alicyclic amines) is 1. The molecule has 1 saturated heterocycles. The van der Waals surface area contributed by atoms with Gasteiger partial charge in [-0.25, -0.2) is 4.98 Å². The molecule has 30 heavy (non-hydrogen) atoms. The number of hydrogen-bond donors (Lipinski definition) is 1. The van der Waals surface area contributed by atoms with Crippen molar-refractivity contribution >= 4 is 28.2 Å². The summed E-state index contributed by atoms with van der Waals surface area (Å²) in [5.41, 5.74) is 1.85. The summed E-state index contributed by atoms with van der Waals surface area (Å²) >= 11 is 1.53. The van der Waals surface area contributed by atoms with Crippen molar-refractivity contribution in [2.24, 2.45) is 0 Å². The zero-order valence-electron chi connectivity index (χ0n) is 17.2. The zero-order chi connectivity index (χ0) is 20.9. The zero-order valence-corrected chi connectivity index (χ0v) is 18.0. The molecule has 1 amide bonds. The van der Waals surface area contributed by atoms with Crippen molar-refractivity contribution in [1.29, 1.82) is 0 Å². The van der Waals surface area contributed by atoms with Gasteiger partial charge >= 0.3 is 0 Å². The van der Waals surface area contributed by atoms with Crippen LogP contribution < -0.4 is 10.1 Å². The summed E-state index contributed by atoms with van der Waals surface area (Å²) in [7, 11) is 1.63. The van der Waals surface area contributed by atoms with Gasteiger partial charge < -0.3 is 15.0 Å². The minimum atomic E-state index is -0.00881. The molecule has 1 aromatic carbocycles. The van der Waals surface area contributed by atoms with Gasteiger partial charge in [0, 0.05) is 6.54 Å². The number of hydrogen-bond acceptors (Lipinski definition) is 7. The number of methoxy groups -OCH3 is 1. The largest absolute Gasteiger partial charge is 0.497 e. The third-order valence-electron chi connectivity index (χ3n) is 5.18. The molecule has 3 heterocycles. The van der Waals surface area contributed by atoms with E-state index in [1.54, 1.807) is 7.11 Å². The SMILES string of the molecule is CCc1nnc(Nc2cccc(C3CCCN3C(=O)Cc3cccc(OC)c3)n2)s1. The number of anilines is 2. The molecule has 0 radical (unpaired) electrons. The van der Waals surface area contributed by atoms with Gasteiger partial charge in [0.25, 0.3) is 0 Å². The molecule has 156 valence electrons. The molecule has 8 heteroatoms. The van der Waals surface area contributed by atoms with Gasteiger partial charge in [0.2, 0.25) is 11.0 Å². The van der Waals surface area contributed by atoms with E-state index in [-0.39, 0.29) is 11.9 Å². The first kappa shape index (κ1) is 20.3. The first-order valence-electron chi connectivity index (χ1n) is 10.1. The van der Waals surface area contributed by atoms with Crippen LogP contribution in [0.2, 0.25) is 0 Å². The maximum absolute atomic E-state index is 13.0. The lowest BCUT2D eigenvalue weighted by atomic mass is 10.1. The molecule has 1 unspecified atom stereocenters. The van der Waals surface area contributed by atoms with Crippen molar-refractivity contribution < 1.29 is 9.53 Å². The van der Waals surface area contributed by atoms with Crippen molar-refractivity contribution in [3.63, 3.8) is 0 Å². The van der Waals surface area contributed by atoms with Crippen LogP contribution in [-0.4, -0.2) is 39.6 Å². The first-order chi connectivity index (χ1) is 14.7. The normalized spacial score (nSPS) is 15.9. The molecular formula is C22H25N5O2S. The summed E-state index contributed by atoms with van der Waals surface area (Å²) in [6.45, 7) is 2.81. The molecule has 0 saturated carbocycles. The van der Waals surface area contributed by atoms with Crippen LogP contribution in [-0.2, 0) is 17.6 Å². The lowest BCUT2D eigenvalue weighted by Crippen LogP contribution is -2.32. The predicted molar refractivity (Wildman–Crippen MR) is 117 cm³/mol. The number of benzene rings is 1. The Morgan fingerprint density at radius 2 is 2.13 bits per heavy atom. The van der Waals surface area contributed by atoms with Crippen molar-refractivity contribution in [3.8, 4) is 5.75 Å². The molecule has 4 rings (SSSR count). The van der Waals surface area contributed by atoms with E-state index in [0.717, 1.165) is 58.8 Å². The Kier molecular flexibility index (Phi) is 6.23. The Balaban J connectivity index is 1.48. The maximum atomic E-state index is 13.0. The molecular weight excluding hydrogens is 398 g/mol. The van der Waals surface area contributed by atoms with Crippen LogP contribution in [0.4, 0.5) is 10.9 Å². The van der Waals surface area contributed by atoms with E-state index in [2.05, 4.69) is 22.4 Å². The highest BCUT2D eigenvalue weighted by atomic mass is 32.1. The van der Waals surface area contributed by atoms with Crippen LogP contribution in [0.3, 0.4) is 0 Å². The van der Waals surface area contributed by atoms with Crippen molar-refractivity contribution in [3.05, 3.63) is 58.7 Å². The Morgan fingerprint density at radius 1 is 1.27 bits per heavy atom. The Morgan fingerprint density at radius 3 is 2.93 bits per heavy atom. The Bertz CT molecular complexity index is 1020. The quantitative estimate of drug-likeness (QED) is 0.615. The molecule has 7 nitrogen and oxygen atoms in total.